The molecule has 1 heterocycles. The molecule has 2 rings (SSSR count). The minimum absolute atomic E-state index is 0.545. The lowest BCUT2D eigenvalue weighted by Crippen LogP contribution is -2.27. The number of aryl methyl sites for hydroxylation is 1. The molecule has 0 saturated carbocycles. The van der Waals surface area contributed by atoms with Gasteiger partial charge in [0.2, 0.25) is 0 Å². The molecule has 0 spiro atoms. The van der Waals surface area contributed by atoms with Gasteiger partial charge in [0.25, 0.3) is 0 Å². The van der Waals surface area contributed by atoms with Crippen molar-refractivity contribution in [1.29, 1.82) is 0 Å². The first-order valence-corrected chi connectivity index (χ1v) is 7.45. The minimum Gasteiger partial charge on any atom is -0.480 e. The van der Waals surface area contributed by atoms with Gasteiger partial charge in [-0.25, -0.2) is 0 Å². The Labute approximate surface area is 124 Å². The number of carboxylic acids is 1. The summed E-state index contributed by atoms with van der Waals surface area (Å²) in [4.78, 5) is 13.6. The van der Waals surface area contributed by atoms with E-state index in [0.29, 0.717) is 6.54 Å². The van der Waals surface area contributed by atoms with E-state index in [1.807, 2.05) is 43.3 Å². The molecule has 3 nitrogen and oxygen atoms in total. The molecule has 0 fully saturated rings. The summed E-state index contributed by atoms with van der Waals surface area (Å²) < 4.78 is 1.07. The molecule has 1 aromatic carbocycles. The quantitative estimate of drug-likeness (QED) is 0.872. The van der Waals surface area contributed by atoms with E-state index in [1.165, 1.54) is 4.88 Å². The summed E-state index contributed by atoms with van der Waals surface area (Å²) in [7, 11) is 0. The second-order valence-corrected chi connectivity index (χ2v) is 6.37. The van der Waals surface area contributed by atoms with E-state index in [2.05, 4.69) is 21.2 Å². The Morgan fingerprint density at radius 3 is 2.63 bits per heavy atom. The lowest BCUT2D eigenvalue weighted by atomic mass is 10.1. The summed E-state index contributed by atoms with van der Waals surface area (Å²) in [6, 6.07) is 10.6. The van der Waals surface area contributed by atoms with Crippen LogP contribution in [0.3, 0.4) is 0 Å². The zero-order chi connectivity index (χ0) is 13.8. The molecule has 0 aliphatic heterocycles. The summed E-state index contributed by atoms with van der Waals surface area (Å²) in [5, 5.41) is 12.4. The maximum absolute atomic E-state index is 11.3. The van der Waals surface area contributed by atoms with Gasteiger partial charge in [0.1, 0.15) is 6.04 Å². The molecule has 1 aromatic heterocycles. The highest BCUT2D eigenvalue weighted by Crippen LogP contribution is 2.26. The van der Waals surface area contributed by atoms with Crippen molar-refractivity contribution < 1.29 is 9.90 Å². The fourth-order valence-electron chi connectivity index (χ4n) is 1.80. The largest absolute Gasteiger partial charge is 0.480 e. The average molecular weight is 340 g/mol. The maximum Gasteiger partial charge on any atom is 0.325 e. The molecule has 1 atom stereocenters. The van der Waals surface area contributed by atoms with Gasteiger partial charge >= 0.3 is 5.97 Å². The van der Waals surface area contributed by atoms with Gasteiger partial charge in [0.15, 0.2) is 0 Å². The normalized spacial score (nSPS) is 12.3. The predicted octanol–water partition coefficient (Wildman–Crippen LogP) is 3.73. The molecule has 0 amide bonds. The van der Waals surface area contributed by atoms with Crippen molar-refractivity contribution in [3.8, 4) is 0 Å². The lowest BCUT2D eigenvalue weighted by Gasteiger charge is -2.14. The van der Waals surface area contributed by atoms with Crippen molar-refractivity contribution >= 4 is 33.2 Å². The molecule has 100 valence electrons. The third-order valence-corrected chi connectivity index (χ3v) is 4.91. The number of hydrogen-bond donors (Lipinski definition) is 2. The first-order valence-electron chi connectivity index (χ1n) is 5.84. The van der Waals surface area contributed by atoms with E-state index in [-0.39, 0.29) is 0 Å². The number of carboxylic acid groups (broad SMARTS) is 1. The van der Waals surface area contributed by atoms with E-state index < -0.39 is 12.0 Å². The topological polar surface area (TPSA) is 49.3 Å². The smallest absolute Gasteiger partial charge is 0.325 e. The summed E-state index contributed by atoms with van der Waals surface area (Å²) in [6.07, 6.45) is 0. The number of carbonyl (C=O) groups is 1. The Bertz CT molecular complexity index is 549. The average Bonchev–Trinajstić information content (AvgIpc) is 2.70. The number of hydrogen-bond acceptors (Lipinski definition) is 3. The van der Waals surface area contributed by atoms with Crippen molar-refractivity contribution in [2.75, 3.05) is 0 Å². The lowest BCUT2D eigenvalue weighted by molar-refractivity contribution is -0.139. The third kappa shape index (κ3) is 3.65. The highest BCUT2D eigenvalue weighted by atomic mass is 79.9. The van der Waals surface area contributed by atoms with Crippen molar-refractivity contribution in [2.45, 2.75) is 19.5 Å². The van der Waals surface area contributed by atoms with E-state index >= 15 is 0 Å². The Balaban J connectivity index is 2.08. The van der Waals surface area contributed by atoms with Crippen LogP contribution in [-0.4, -0.2) is 11.1 Å². The van der Waals surface area contributed by atoms with Crippen LogP contribution in [0.2, 0.25) is 0 Å². The van der Waals surface area contributed by atoms with Crippen LogP contribution in [0.5, 0.6) is 0 Å². The fraction of sp³-hybridized carbons (Fsp3) is 0.214. The zero-order valence-electron chi connectivity index (χ0n) is 10.4. The van der Waals surface area contributed by atoms with Gasteiger partial charge in [-0.2, -0.15) is 0 Å². The number of halogens is 1. The molecule has 5 heteroatoms. The Morgan fingerprint density at radius 1 is 1.42 bits per heavy atom. The molecule has 1 unspecified atom stereocenters. The Hall–Kier alpha value is -1.17. The summed E-state index contributed by atoms with van der Waals surface area (Å²) in [5.41, 5.74) is 0.766. The van der Waals surface area contributed by atoms with Gasteiger partial charge in [-0.15, -0.1) is 11.3 Å². The van der Waals surface area contributed by atoms with Gasteiger partial charge in [0, 0.05) is 20.8 Å². The zero-order valence-corrected chi connectivity index (χ0v) is 12.8. The molecular formula is C14H14BrNO2S. The van der Waals surface area contributed by atoms with Crippen molar-refractivity contribution in [3.63, 3.8) is 0 Å². The highest BCUT2D eigenvalue weighted by Gasteiger charge is 2.19. The summed E-state index contributed by atoms with van der Waals surface area (Å²) >= 11 is 5.12. The predicted molar refractivity (Wildman–Crippen MR) is 80.4 cm³/mol. The van der Waals surface area contributed by atoms with Crippen LogP contribution in [0.1, 0.15) is 21.4 Å². The second kappa shape index (κ2) is 6.32. The number of aliphatic carboxylic acids is 1. The molecule has 0 saturated heterocycles. The Kier molecular flexibility index (Phi) is 4.74. The van der Waals surface area contributed by atoms with Crippen LogP contribution in [0.15, 0.2) is 40.9 Å². The molecular weight excluding hydrogens is 326 g/mol. The van der Waals surface area contributed by atoms with Gasteiger partial charge < -0.3 is 5.11 Å². The molecule has 0 aliphatic rings. The van der Waals surface area contributed by atoms with Crippen molar-refractivity contribution in [2.24, 2.45) is 0 Å². The molecule has 0 radical (unpaired) electrons. The number of thiophene rings is 1. The monoisotopic (exact) mass is 339 g/mol. The molecule has 19 heavy (non-hydrogen) atoms. The SMILES string of the molecule is Cc1sc(CNC(C(=O)O)c2ccccc2)cc1Br. The summed E-state index contributed by atoms with van der Waals surface area (Å²) in [5.74, 6) is -0.862. The van der Waals surface area contributed by atoms with E-state index in [9.17, 15) is 9.90 Å². The second-order valence-electron chi connectivity index (χ2n) is 4.18. The van der Waals surface area contributed by atoms with E-state index in [0.717, 1.165) is 14.9 Å². The van der Waals surface area contributed by atoms with E-state index in [1.54, 1.807) is 11.3 Å². The third-order valence-electron chi connectivity index (χ3n) is 2.77. The molecule has 2 N–H and O–H groups in total. The van der Waals surface area contributed by atoms with Crippen LogP contribution in [0.4, 0.5) is 0 Å². The molecule has 0 aliphatic carbocycles. The number of nitrogens with one attached hydrogen (secondary N) is 1. The van der Waals surface area contributed by atoms with Gasteiger partial charge in [-0.1, -0.05) is 30.3 Å². The van der Waals surface area contributed by atoms with E-state index in [4.69, 9.17) is 0 Å². The van der Waals surface area contributed by atoms with Crippen LogP contribution >= 0.6 is 27.3 Å². The number of rotatable bonds is 5. The Morgan fingerprint density at radius 2 is 2.11 bits per heavy atom. The maximum atomic E-state index is 11.3. The van der Waals surface area contributed by atoms with Crippen LogP contribution < -0.4 is 5.32 Å². The number of benzene rings is 1. The van der Waals surface area contributed by atoms with Gasteiger partial charge in [0.05, 0.1) is 0 Å². The fourth-order valence-corrected chi connectivity index (χ4v) is 3.35. The van der Waals surface area contributed by atoms with Crippen LogP contribution in [0, 0.1) is 6.92 Å². The standard InChI is InChI=1S/C14H14BrNO2S/c1-9-12(15)7-11(19-9)8-16-13(14(17)18)10-5-3-2-4-6-10/h2-7,13,16H,8H2,1H3,(H,17,18). The molecule has 2 aromatic rings. The van der Waals surface area contributed by atoms with Crippen LogP contribution in [-0.2, 0) is 11.3 Å². The highest BCUT2D eigenvalue weighted by molar-refractivity contribution is 9.10. The van der Waals surface area contributed by atoms with Gasteiger partial charge in [-0.05, 0) is 34.5 Å². The minimum atomic E-state index is -0.862. The molecule has 0 bridgehead atoms. The first kappa shape index (κ1) is 14.2. The van der Waals surface area contributed by atoms with Crippen molar-refractivity contribution in [1.82, 2.24) is 5.32 Å². The van der Waals surface area contributed by atoms with Crippen molar-refractivity contribution in [3.05, 3.63) is 56.2 Å². The first-order chi connectivity index (χ1) is 9.08. The van der Waals surface area contributed by atoms with Crippen LogP contribution in [0.25, 0.3) is 0 Å². The summed E-state index contributed by atoms with van der Waals surface area (Å²) in [6.45, 7) is 2.58. The van der Waals surface area contributed by atoms with Gasteiger partial charge in [-0.3, -0.25) is 10.1 Å².